The fourth-order valence-electron chi connectivity index (χ4n) is 1.29. The molecule has 4 nitrogen and oxygen atoms in total. The predicted molar refractivity (Wildman–Crippen MR) is 68.0 cm³/mol. The Morgan fingerprint density at radius 1 is 1.47 bits per heavy atom. The number of aryl methyl sites for hydroxylation is 1. The highest BCUT2D eigenvalue weighted by Gasteiger charge is 2.02. The Balaban J connectivity index is 2.36. The van der Waals surface area contributed by atoms with Crippen molar-refractivity contribution in [3.05, 3.63) is 35.4 Å². The maximum atomic E-state index is 11.2. The van der Waals surface area contributed by atoms with Gasteiger partial charge < -0.3 is 10.2 Å². The third-order valence-electron chi connectivity index (χ3n) is 2.10. The summed E-state index contributed by atoms with van der Waals surface area (Å²) < 4.78 is 0. The van der Waals surface area contributed by atoms with Crippen LogP contribution in [-0.2, 0) is 9.63 Å². The van der Waals surface area contributed by atoms with Gasteiger partial charge in [0.1, 0.15) is 0 Å². The van der Waals surface area contributed by atoms with Crippen molar-refractivity contribution >= 4 is 12.1 Å². The van der Waals surface area contributed by atoms with E-state index in [0.29, 0.717) is 0 Å². The smallest absolute Gasteiger partial charge is 0.260 e. The molecular formula is C13H18N2O2. The third-order valence-corrected chi connectivity index (χ3v) is 2.10. The number of benzene rings is 1. The van der Waals surface area contributed by atoms with E-state index in [2.05, 4.69) is 10.5 Å². The van der Waals surface area contributed by atoms with Crippen molar-refractivity contribution in [3.63, 3.8) is 0 Å². The zero-order valence-electron chi connectivity index (χ0n) is 10.4. The minimum atomic E-state index is -0.165. The van der Waals surface area contributed by atoms with Crippen LogP contribution in [0.4, 0.5) is 0 Å². The van der Waals surface area contributed by atoms with Crippen molar-refractivity contribution in [2.45, 2.75) is 26.8 Å². The molecule has 0 aromatic heterocycles. The highest BCUT2D eigenvalue weighted by atomic mass is 16.6. The summed E-state index contributed by atoms with van der Waals surface area (Å²) in [4.78, 5) is 16.1. The zero-order chi connectivity index (χ0) is 12.7. The first-order valence-electron chi connectivity index (χ1n) is 5.60. The number of nitrogens with one attached hydrogen (secondary N) is 1. The zero-order valence-corrected chi connectivity index (χ0v) is 10.4. The van der Waals surface area contributed by atoms with Gasteiger partial charge in [0.15, 0.2) is 6.61 Å². The highest BCUT2D eigenvalue weighted by Crippen LogP contribution is 2.03. The molecule has 0 radical (unpaired) electrons. The Morgan fingerprint density at radius 3 is 2.82 bits per heavy atom. The van der Waals surface area contributed by atoms with E-state index in [1.54, 1.807) is 6.21 Å². The van der Waals surface area contributed by atoms with Crippen molar-refractivity contribution in [1.29, 1.82) is 0 Å². The van der Waals surface area contributed by atoms with E-state index in [1.165, 1.54) is 0 Å². The van der Waals surface area contributed by atoms with Crippen LogP contribution in [-0.4, -0.2) is 24.8 Å². The summed E-state index contributed by atoms with van der Waals surface area (Å²) in [6, 6.07) is 7.94. The summed E-state index contributed by atoms with van der Waals surface area (Å²) in [5.41, 5.74) is 2.10. The second-order valence-electron chi connectivity index (χ2n) is 4.09. The molecule has 1 amide bonds. The summed E-state index contributed by atoms with van der Waals surface area (Å²) in [5, 5.41) is 6.48. The molecular weight excluding hydrogens is 216 g/mol. The Morgan fingerprint density at radius 2 is 2.18 bits per heavy atom. The topological polar surface area (TPSA) is 50.7 Å². The minimum Gasteiger partial charge on any atom is -0.386 e. The van der Waals surface area contributed by atoms with Gasteiger partial charge in [0.25, 0.3) is 5.91 Å². The number of amides is 1. The maximum Gasteiger partial charge on any atom is 0.260 e. The lowest BCUT2D eigenvalue weighted by Gasteiger charge is -2.06. The molecule has 0 fully saturated rings. The monoisotopic (exact) mass is 234 g/mol. The molecule has 0 saturated heterocycles. The van der Waals surface area contributed by atoms with E-state index in [0.717, 1.165) is 11.1 Å². The Bertz CT molecular complexity index is 400. The SMILES string of the molecule is Cc1ccccc1C=NOCC(=O)NC(C)C. The van der Waals surface area contributed by atoms with Crippen LogP contribution in [0.25, 0.3) is 0 Å². The van der Waals surface area contributed by atoms with Crippen LogP contribution in [0, 0.1) is 6.92 Å². The minimum absolute atomic E-state index is 0.0550. The van der Waals surface area contributed by atoms with Gasteiger partial charge in [-0.2, -0.15) is 0 Å². The molecule has 17 heavy (non-hydrogen) atoms. The number of hydrogen-bond acceptors (Lipinski definition) is 3. The molecule has 4 heteroatoms. The summed E-state index contributed by atoms with van der Waals surface area (Å²) in [6.07, 6.45) is 1.61. The fourth-order valence-corrected chi connectivity index (χ4v) is 1.29. The summed E-state index contributed by atoms with van der Waals surface area (Å²) in [5.74, 6) is -0.165. The molecule has 0 aliphatic heterocycles. The van der Waals surface area contributed by atoms with Gasteiger partial charge in [-0.15, -0.1) is 0 Å². The number of nitrogens with zero attached hydrogens (tertiary/aromatic N) is 1. The number of oxime groups is 1. The number of carbonyl (C=O) groups excluding carboxylic acids is 1. The molecule has 0 bridgehead atoms. The molecule has 0 saturated carbocycles. The number of hydrogen-bond donors (Lipinski definition) is 1. The highest BCUT2D eigenvalue weighted by molar-refractivity contribution is 5.81. The lowest BCUT2D eigenvalue weighted by molar-refractivity contribution is -0.126. The molecule has 0 spiro atoms. The third kappa shape index (κ3) is 5.15. The Hall–Kier alpha value is -1.84. The van der Waals surface area contributed by atoms with Crippen LogP contribution < -0.4 is 5.32 Å². The Kier molecular flexibility index (Phi) is 5.20. The van der Waals surface area contributed by atoms with Gasteiger partial charge in [0.05, 0.1) is 6.21 Å². The van der Waals surface area contributed by atoms with Crippen molar-refractivity contribution in [3.8, 4) is 0 Å². The van der Waals surface area contributed by atoms with Crippen molar-refractivity contribution in [2.75, 3.05) is 6.61 Å². The van der Waals surface area contributed by atoms with E-state index in [4.69, 9.17) is 4.84 Å². The first-order valence-corrected chi connectivity index (χ1v) is 5.60. The lowest BCUT2D eigenvalue weighted by atomic mass is 10.1. The van der Waals surface area contributed by atoms with Crippen LogP contribution in [0.3, 0.4) is 0 Å². The average molecular weight is 234 g/mol. The molecule has 1 aromatic carbocycles. The number of rotatable bonds is 5. The molecule has 0 atom stereocenters. The van der Waals surface area contributed by atoms with Gasteiger partial charge in [-0.3, -0.25) is 4.79 Å². The standard InChI is InChI=1S/C13H18N2O2/c1-10(2)15-13(16)9-17-14-8-12-7-5-4-6-11(12)3/h4-8,10H,9H2,1-3H3,(H,15,16). The fraction of sp³-hybridized carbons (Fsp3) is 0.385. The van der Waals surface area contributed by atoms with E-state index in [-0.39, 0.29) is 18.6 Å². The maximum absolute atomic E-state index is 11.2. The normalized spacial score (nSPS) is 10.8. The van der Waals surface area contributed by atoms with Gasteiger partial charge in [0.2, 0.25) is 0 Å². The number of carbonyl (C=O) groups is 1. The molecule has 1 rings (SSSR count). The Labute approximate surface area is 102 Å². The largest absolute Gasteiger partial charge is 0.386 e. The summed E-state index contributed by atoms with van der Waals surface area (Å²) in [7, 11) is 0. The molecule has 0 heterocycles. The quantitative estimate of drug-likeness (QED) is 0.624. The first-order chi connectivity index (χ1) is 8.09. The van der Waals surface area contributed by atoms with E-state index >= 15 is 0 Å². The van der Waals surface area contributed by atoms with Crippen molar-refractivity contribution in [2.24, 2.45) is 5.16 Å². The van der Waals surface area contributed by atoms with Gasteiger partial charge in [-0.05, 0) is 31.9 Å². The molecule has 1 aromatic rings. The van der Waals surface area contributed by atoms with Gasteiger partial charge in [0, 0.05) is 6.04 Å². The average Bonchev–Trinajstić information content (AvgIpc) is 2.25. The van der Waals surface area contributed by atoms with E-state index < -0.39 is 0 Å². The predicted octanol–water partition coefficient (Wildman–Crippen LogP) is 1.87. The molecule has 0 aliphatic rings. The van der Waals surface area contributed by atoms with Crippen molar-refractivity contribution in [1.82, 2.24) is 5.32 Å². The van der Waals surface area contributed by atoms with E-state index in [9.17, 15) is 4.79 Å². The first kappa shape index (κ1) is 13.2. The summed E-state index contributed by atoms with van der Waals surface area (Å²) >= 11 is 0. The lowest BCUT2D eigenvalue weighted by Crippen LogP contribution is -2.32. The van der Waals surface area contributed by atoms with Crippen LogP contribution >= 0.6 is 0 Å². The van der Waals surface area contributed by atoms with Gasteiger partial charge >= 0.3 is 0 Å². The van der Waals surface area contributed by atoms with Crippen LogP contribution in [0.15, 0.2) is 29.4 Å². The second-order valence-corrected chi connectivity index (χ2v) is 4.09. The van der Waals surface area contributed by atoms with Gasteiger partial charge in [-0.25, -0.2) is 0 Å². The second kappa shape index (κ2) is 6.68. The van der Waals surface area contributed by atoms with Crippen LogP contribution in [0.2, 0.25) is 0 Å². The van der Waals surface area contributed by atoms with Crippen LogP contribution in [0.5, 0.6) is 0 Å². The molecule has 92 valence electrons. The van der Waals surface area contributed by atoms with E-state index in [1.807, 2.05) is 45.0 Å². The molecule has 0 aliphatic carbocycles. The summed E-state index contributed by atoms with van der Waals surface area (Å²) in [6.45, 7) is 5.73. The van der Waals surface area contributed by atoms with Crippen molar-refractivity contribution < 1.29 is 9.63 Å². The van der Waals surface area contributed by atoms with Gasteiger partial charge in [-0.1, -0.05) is 29.4 Å². The van der Waals surface area contributed by atoms with Crippen LogP contribution in [0.1, 0.15) is 25.0 Å². The molecule has 0 unspecified atom stereocenters. The molecule has 1 N–H and O–H groups in total.